The van der Waals surface area contributed by atoms with Gasteiger partial charge in [0, 0.05) is 12.1 Å². The van der Waals surface area contributed by atoms with Crippen molar-refractivity contribution in [3.05, 3.63) is 33.9 Å². The Hall–Kier alpha value is -0.660. The lowest BCUT2D eigenvalue weighted by Gasteiger charge is -2.28. The highest BCUT2D eigenvalue weighted by Gasteiger charge is 2.38. The van der Waals surface area contributed by atoms with Gasteiger partial charge in [-0.05, 0) is 37.3 Å². The number of aliphatic hydroxyl groups is 1. The summed E-state index contributed by atoms with van der Waals surface area (Å²) in [4.78, 5) is 4.35. The summed E-state index contributed by atoms with van der Waals surface area (Å²) in [6.45, 7) is -0.184. The van der Waals surface area contributed by atoms with Gasteiger partial charge < -0.3 is 5.11 Å². The standard InChI is InChI=1S/C16H20Cl2N2O3S/c17-14-9-19-15(18)13-6-4-11(3-5-12(13)14)24(22,23)20-16(10-21)7-1-2-8-16/h3,5,9,13,20-21H,1-2,4,6-8,10H2. The highest BCUT2D eigenvalue weighted by Crippen LogP contribution is 2.37. The van der Waals surface area contributed by atoms with Crippen molar-refractivity contribution in [3.63, 3.8) is 0 Å². The zero-order chi connectivity index (χ0) is 17.4. The van der Waals surface area contributed by atoms with Gasteiger partial charge in [0.2, 0.25) is 10.0 Å². The normalized spacial score (nSPS) is 26.7. The van der Waals surface area contributed by atoms with Crippen LogP contribution >= 0.6 is 23.2 Å². The molecule has 0 aromatic carbocycles. The molecule has 3 aliphatic rings. The zero-order valence-corrected chi connectivity index (χ0v) is 15.5. The lowest BCUT2D eigenvalue weighted by molar-refractivity contribution is 0.185. The smallest absolute Gasteiger partial charge is 0.237 e. The van der Waals surface area contributed by atoms with Crippen molar-refractivity contribution in [1.82, 2.24) is 4.72 Å². The van der Waals surface area contributed by atoms with Crippen LogP contribution < -0.4 is 4.72 Å². The molecule has 0 aromatic heterocycles. The zero-order valence-electron chi connectivity index (χ0n) is 13.1. The second kappa shape index (κ2) is 6.92. The van der Waals surface area contributed by atoms with E-state index in [2.05, 4.69) is 9.71 Å². The number of aliphatic imine (C=N–C) groups is 1. The Morgan fingerprint density at radius 1 is 1.29 bits per heavy atom. The minimum atomic E-state index is -3.68. The van der Waals surface area contributed by atoms with Crippen LogP contribution in [0.5, 0.6) is 0 Å². The van der Waals surface area contributed by atoms with Gasteiger partial charge >= 0.3 is 0 Å². The van der Waals surface area contributed by atoms with Gasteiger partial charge in [-0.3, -0.25) is 0 Å². The van der Waals surface area contributed by atoms with E-state index in [1.807, 2.05) is 0 Å². The van der Waals surface area contributed by atoms with Gasteiger partial charge in [-0.25, -0.2) is 18.1 Å². The third-order valence-corrected chi connectivity index (χ3v) is 7.34. The van der Waals surface area contributed by atoms with Gasteiger partial charge in [0.25, 0.3) is 0 Å². The Kier molecular flexibility index (Phi) is 5.23. The monoisotopic (exact) mass is 390 g/mol. The van der Waals surface area contributed by atoms with Crippen LogP contribution in [0.3, 0.4) is 0 Å². The molecule has 3 rings (SSSR count). The summed E-state index contributed by atoms with van der Waals surface area (Å²) in [7, 11) is -3.68. The number of hydrogen-bond acceptors (Lipinski definition) is 4. The number of rotatable bonds is 4. The predicted octanol–water partition coefficient (Wildman–Crippen LogP) is 3.16. The van der Waals surface area contributed by atoms with E-state index in [1.54, 1.807) is 12.2 Å². The van der Waals surface area contributed by atoms with Crippen LogP contribution in [0.4, 0.5) is 0 Å². The van der Waals surface area contributed by atoms with Crippen molar-refractivity contribution in [3.8, 4) is 0 Å². The molecule has 0 amide bonds. The van der Waals surface area contributed by atoms with E-state index in [0.29, 0.717) is 35.9 Å². The molecule has 1 saturated carbocycles. The molecule has 1 aliphatic heterocycles. The lowest BCUT2D eigenvalue weighted by Crippen LogP contribution is -2.49. The van der Waals surface area contributed by atoms with Crippen molar-refractivity contribution in [2.45, 2.75) is 44.1 Å². The van der Waals surface area contributed by atoms with Crippen molar-refractivity contribution < 1.29 is 13.5 Å². The van der Waals surface area contributed by atoms with E-state index in [1.165, 1.54) is 6.20 Å². The minimum absolute atomic E-state index is 0.175. The summed E-state index contributed by atoms with van der Waals surface area (Å²) in [5.41, 5.74) is 0.0577. The van der Waals surface area contributed by atoms with E-state index >= 15 is 0 Å². The molecule has 1 heterocycles. The first-order valence-corrected chi connectivity index (χ1v) is 10.3. The highest BCUT2D eigenvalue weighted by atomic mass is 35.5. The molecule has 2 N–H and O–H groups in total. The number of aliphatic hydroxyl groups excluding tert-OH is 1. The van der Waals surface area contributed by atoms with E-state index < -0.39 is 15.6 Å². The molecule has 132 valence electrons. The third-order valence-electron chi connectivity index (χ3n) is 4.93. The van der Waals surface area contributed by atoms with Crippen LogP contribution in [-0.2, 0) is 10.0 Å². The van der Waals surface area contributed by atoms with Gasteiger partial charge in [-0.15, -0.1) is 0 Å². The predicted molar refractivity (Wildman–Crippen MR) is 96.5 cm³/mol. The summed E-state index contributed by atoms with van der Waals surface area (Å²) >= 11 is 12.3. The van der Waals surface area contributed by atoms with Crippen LogP contribution in [0.1, 0.15) is 38.5 Å². The quantitative estimate of drug-likeness (QED) is 0.773. The lowest BCUT2D eigenvalue weighted by atomic mass is 9.94. The molecule has 0 saturated heterocycles. The number of nitrogens with zero attached hydrogens (tertiary/aromatic N) is 1. The summed E-state index contributed by atoms with van der Waals surface area (Å²) in [6.07, 6.45) is 8.80. The maximum absolute atomic E-state index is 12.8. The Bertz CT molecular complexity index is 747. The average Bonchev–Trinajstić information content (AvgIpc) is 2.86. The molecule has 8 heteroatoms. The molecule has 24 heavy (non-hydrogen) atoms. The first kappa shape index (κ1) is 18.1. The topological polar surface area (TPSA) is 78.8 Å². The molecule has 2 aliphatic carbocycles. The maximum Gasteiger partial charge on any atom is 0.237 e. The number of hydrogen-bond donors (Lipinski definition) is 2. The summed E-state index contributed by atoms with van der Waals surface area (Å²) in [5.74, 6) is -0.175. The molecule has 1 atom stereocenters. The van der Waals surface area contributed by atoms with E-state index in [9.17, 15) is 13.5 Å². The van der Waals surface area contributed by atoms with Crippen LogP contribution in [-0.4, -0.2) is 30.8 Å². The minimum Gasteiger partial charge on any atom is -0.394 e. The van der Waals surface area contributed by atoms with Crippen LogP contribution in [0.25, 0.3) is 0 Å². The number of nitrogens with one attached hydrogen (secondary N) is 1. The summed E-state index contributed by atoms with van der Waals surface area (Å²) < 4.78 is 28.3. The van der Waals surface area contributed by atoms with E-state index in [-0.39, 0.29) is 17.4 Å². The van der Waals surface area contributed by atoms with Gasteiger partial charge in [0.05, 0.1) is 22.1 Å². The molecular weight excluding hydrogens is 371 g/mol. The molecule has 5 nitrogen and oxygen atoms in total. The summed E-state index contributed by atoms with van der Waals surface area (Å²) in [6, 6.07) is 0. The highest BCUT2D eigenvalue weighted by molar-refractivity contribution is 7.93. The molecule has 0 radical (unpaired) electrons. The third kappa shape index (κ3) is 3.48. The van der Waals surface area contributed by atoms with Crippen molar-refractivity contribution in [1.29, 1.82) is 0 Å². The average molecular weight is 391 g/mol. The number of fused-ring (bicyclic) bond motifs is 1. The second-order valence-corrected chi connectivity index (χ2v) is 9.06. The Morgan fingerprint density at radius 2 is 2.00 bits per heavy atom. The van der Waals surface area contributed by atoms with Crippen molar-refractivity contribution in [2.75, 3.05) is 6.61 Å². The fourth-order valence-corrected chi connectivity index (χ4v) is 5.64. The van der Waals surface area contributed by atoms with Crippen molar-refractivity contribution in [2.24, 2.45) is 10.9 Å². The van der Waals surface area contributed by atoms with Gasteiger partial charge in [0.15, 0.2) is 0 Å². The van der Waals surface area contributed by atoms with Gasteiger partial charge in [-0.2, -0.15) is 0 Å². The second-order valence-electron chi connectivity index (χ2n) is 6.53. The fourth-order valence-electron chi connectivity index (χ4n) is 3.52. The molecule has 0 spiro atoms. The molecule has 0 bridgehead atoms. The number of sulfonamides is 1. The fraction of sp³-hybridized carbons (Fsp3) is 0.562. The molecular formula is C16H20Cl2N2O3S. The maximum atomic E-state index is 12.8. The Balaban J connectivity index is 1.85. The number of halogens is 2. The first-order chi connectivity index (χ1) is 11.4. The van der Waals surface area contributed by atoms with Gasteiger partial charge in [0.1, 0.15) is 5.17 Å². The molecule has 0 aromatic rings. The van der Waals surface area contributed by atoms with Gasteiger partial charge in [-0.1, -0.05) is 42.1 Å². The largest absolute Gasteiger partial charge is 0.394 e. The summed E-state index contributed by atoms with van der Waals surface area (Å²) in [5, 5.41) is 10.6. The van der Waals surface area contributed by atoms with Crippen LogP contribution in [0.15, 0.2) is 38.9 Å². The first-order valence-electron chi connectivity index (χ1n) is 8.02. The molecule has 1 fully saturated rings. The number of allylic oxidation sites excluding steroid dienone is 5. The van der Waals surface area contributed by atoms with Crippen molar-refractivity contribution >= 4 is 38.4 Å². The SMILES string of the molecule is O=S(=O)(NC1(CO)CCCC1)C1=CC=C2C(Cl)=CN=C(Cl)C2CC1. The Labute approximate surface area is 152 Å². The molecule has 1 unspecified atom stereocenters. The van der Waals surface area contributed by atoms with Crippen LogP contribution in [0.2, 0.25) is 0 Å². The van der Waals surface area contributed by atoms with E-state index in [4.69, 9.17) is 23.2 Å². The van der Waals surface area contributed by atoms with Crippen LogP contribution in [0, 0.1) is 5.92 Å². The Morgan fingerprint density at radius 3 is 2.67 bits per heavy atom. The van der Waals surface area contributed by atoms with E-state index in [0.717, 1.165) is 18.4 Å².